The molecule has 0 aliphatic carbocycles. The van der Waals surface area contributed by atoms with E-state index in [9.17, 15) is 4.79 Å². The summed E-state index contributed by atoms with van der Waals surface area (Å²) in [5.41, 5.74) is 4.15. The van der Waals surface area contributed by atoms with Crippen LogP contribution in [0.2, 0.25) is 0 Å². The van der Waals surface area contributed by atoms with Gasteiger partial charge in [-0.3, -0.25) is 4.79 Å². The summed E-state index contributed by atoms with van der Waals surface area (Å²) < 4.78 is 0. The maximum absolute atomic E-state index is 12.1. The summed E-state index contributed by atoms with van der Waals surface area (Å²) in [5, 5.41) is 8.18. The molecule has 2 aromatic heterocycles. The topological polar surface area (TPSA) is 44.9 Å². The number of fused-ring (bicyclic) bond motifs is 1. The quantitative estimate of drug-likeness (QED) is 0.752. The molecule has 2 heterocycles. The Balaban J connectivity index is 1.74. The van der Waals surface area contributed by atoms with Gasteiger partial charge in [0.2, 0.25) is 0 Å². The third-order valence-electron chi connectivity index (χ3n) is 3.22. The summed E-state index contributed by atoms with van der Waals surface area (Å²) >= 11 is 1.66. The van der Waals surface area contributed by atoms with E-state index in [2.05, 4.69) is 28.0 Å². The third-order valence-corrected chi connectivity index (χ3v) is 4.13. The average Bonchev–Trinajstić information content (AvgIpc) is 3.03. The van der Waals surface area contributed by atoms with E-state index in [1.165, 1.54) is 11.1 Å². The molecule has 96 valence electrons. The van der Waals surface area contributed by atoms with Crippen LogP contribution in [-0.4, -0.2) is 10.9 Å². The smallest absolute Gasteiger partial charge is 0.251 e. The minimum absolute atomic E-state index is 0.0336. The highest BCUT2D eigenvalue weighted by Gasteiger charge is 2.07. The number of nitrogens with one attached hydrogen (secondary N) is 2. The van der Waals surface area contributed by atoms with Gasteiger partial charge < -0.3 is 10.3 Å². The zero-order valence-corrected chi connectivity index (χ0v) is 11.4. The van der Waals surface area contributed by atoms with Gasteiger partial charge in [0.15, 0.2) is 0 Å². The first kappa shape index (κ1) is 12.0. The molecule has 0 radical (unpaired) electrons. The van der Waals surface area contributed by atoms with Crippen molar-refractivity contribution in [1.82, 2.24) is 10.3 Å². The molecule has 1 amide bonds. The largest absolute Gasteiger partial charge is 0.361 e. The summed E-state index contributed by atoms with van der Waals surface area (Å²) in [6.07, 6.45) is 1.88. The second kappa shape index (κ2) is 4.90. The van der Waals surface area contributed by atoms with Crippen LogP contribution in [0.5, 0.6) is 0 Å². The van der Waals surface area contributed by atoms with Crippen LogP contribution in [0.4, 0.5) is 0 Å². The Kier molecular flexibility index (Phi) is 3.09. The average molecular weight is 270 g/mol. The first-order chi connectivity index (χ1) is 9.24. The van der Waals surface area contributed by atoms with Crippen LogP contribution in [0.3, 0.4) is 0 Å². The summed E-state index contributed by atoms with van der Waals surface area (Å²) in [7, 11) is 0. The normalized spacial score (nSPS) is 10.8. The minimum Gasteiger partial charge on any atom is -0.361 e. The van der Waals surface area contributed by atoms with Crippen molar-refractivity contribution in [1.29, 1.82) is 0 Å². The van der Waals surface area contributed by atoms with Crippen molar-refractivity contribution in [2.45, 2.75) is 13.5 Å². The van der Waals surface area contributed by atoms with Gasteiger partial charge in [0.05, 0.1) is 0 Å². The SMILES string of the molecule is Cc1cscc1CNC(=O)c1ccc2[nH]ccc2c1. The molecule has 3 nitrogen and oxygen atoms in total. The van der Waals surface area contributed by atoms with Gasteiger partial charge in [-0.2, -0.15) is 11.3 Å². The summed E-state index contributed by atoms with van der Waals surface area (Å²) in [5.74, 6) is -0.0336. The predicted molar refractivity (Wildman–Crippen MR) is 78.5 cm³/mol. The fourth-order valence-corrected chi connectivity index (χ4v) is 2.90. The van der Waals surface area contributed by atoms with E-state index in [-0.39, 0.29) is 5.91 Å². The Hall–Kier alpha value is -2.07. The van der Waals surface area contributed by atoms with E-state index < -0.39 is 0 Å². The summed E-state index contributed by atoms with van der Waals surface area (Å²) in [6.45, 7) is 2.64. The van der Waals surface area contributed by atoms with Crippen LogP contribution < -0.4 is 5.32 Å². The Morgan fingerprint density at radius 2 is 2.21 bits per heavy atom. The molecule has 0 bridgehead atoms. The number of thiophene rings is 1. The molecule has 0 spiro atoms. The minimum atomic E-state index is -0.0336. The molecule has 19 heavy (non-hydrogen) atoms. The lowest BCUT2D eigenvalue weighted by Crippen LogP contribution is -2.22. The molecule has 3 aromatic rings. The predicted octanol–water partition coefficient (Wildman–Crippen LogP) is 3.47. The molecule has 0 aliphatic rings. The number of H-pyrrole nitrogens is 1. The van der Waals surface area contributed by atoms with Crippen LogP contribution in [-0.2, 0) is 6.54 Å². The number of benzene rings is 1. The number of rotatable bonds is 3. The highest BCUT2D eigenvalue weighted by Crippen LogP contribution is 2.15. The van der Waals surface area contributed by atoms with E-state index in [1.807, 2.05) is 30.5 Å². The summed E-state index contributed by atoms with van der Waals surface area (Å²) in [4.78, 5) is 15.2. The van der Waals surface area contributed by atoms with E-state index in [0.717, 1.165) is 10.9 Å². The number of aryl methyl sites for hydroxylation is 1. The number of amides is 1. The molecule has 1 aromatic carbocycles. The van der Waals surface area contributed by atoms with Gasteiger partial charge in [-0.1, -0.05) is 0 Å². The van der Waals surface area contributed by atoms with Crippen molar-refractivity contribution in [2.24, 2.45) is 0 Å². The van der Waals surface area contributed by atoms with Gasteiger partial charge in [0, 0.05) is 29.2 Å². The van der Waals surface area contributed by atoms with Gasteiger partial charge in [0.25, 0.3) is 5.91 Å². The molecule has 0 unspecified atom stereocenters. The molecule has 0 fully saturated rings. The van der Waals surface area contributed by atoms with Crippen molar-refractivity contribution in [2.75, 3.05) is 0 Å². The maximum Gasteiger partial charge on any atom is 0.251 e. The van der Waals surface area contributed by atoms with Gasteiger partial charge in [-0.15, -0.1) is 0 Å². The monoisotopic (exact) mass is 270 g/mol. The van der Waals surface area contributed by atoms with E-state index in [0.29, 0.717) is 12.1 Å². The molecule has 2 N–H and O–H groups in total. The molecule has 3 rings (SSSR count). The van der Waals surface area contributed by atoms with Crippen molar-refractivity contribution >= 4 is 28.1 Å². The number of hydrogen-bond acceptors (Lipinski definition) is 2. The fourth-order valence-electron chi connectivity index (χ4n) is 2.04. The zero-order valence-electron chi connectivity index (χ0n) is 10.6. The number of carbonyl (C=O) groups is 1. The lowest BCUT2D eigenvalue weighted by atomic mass is 10.1. The van der Waals surface area contributed by atoms with Crippen molar-refractivity contribution in [3.8, 4) is 0 Å². The van der Waals surface area contributed by atoms with Gasteiger partial charge in [0.1, 0.15) is 0 Å². The zero-order chi connectivity index (χ0) is 13.2. The number of aromatic nitrogens is 1. The Labute approximate surface area is 115 Å². The van der Waals surface area contributed by atoms with E-state index in [4.69, 9.17) is 0 Å². The van der Waals surface area contributed by atoms with Crippen molar-refractivity contribution in [3.05, 3.63) is 57.9 Å². The van der Waals surface area contributed by atoms with Crippen LogP contribution in [0, 0.1) is 6.92 Å². The van der Waals surface area contributed by atoms with Gasteiger partial charge >= 0.3 is 0 Å². The molecule has 0 saturated carbocycles. The van der Waals surface area contributed by atoms with Gasteiger partial charge in [-0.05, 0) is 53.1 Å². The molecule has 0 atom stereocenters. The fraction of sp³-hybridized carbons (Fsp3) is 0.133. The van der Waals surface area contributed by atoms with E-state index in [1.54, 1.807) is 11.3 Å². The molecular weight excluding hydrogens is 256 g/mol. The van der Waals surface area contributed by atoms with Gasteiger partial charge in [-0.25, -0.2) is 0 Å². The molecule has 4 heteroatoms. The highest BCUT2D eigenvalue weighted by molar-refractivity contribution is 7.08. The Morgan fingerprint density at radius 1 is 1.32 bits per heavy atom. The van der Waals surface area contributed by atoms with Crippen LogP contribution >= 0.6 is 11.3 Å². The van der Waals surface area contributed by atoms with Crippen LogP contribution in [0.15, 0.2) is 41.2 Å². The van der Waals surface area contributed by atoms with Crippen LogP contribution in [0.25, 0.3) is 10.9 Å². The number of aromatic amines is 1. The third kappa shape index (κ3) is 2.39. The first-order valence-electron chi connectivity index (χ1n) is 6.11. The Morgan fingerprint density at radius 3 is 3.00 bits per heavy atom. The lowest BCUT2D eigenvalue weighted by molar-refractivity contribution is 0.0951. The second-order valence-electron chi connectivity index (χ2n) is 4.54. The standard InChI is InChI=1S/C15H14N2OS/c1-10-8-19-9-13(10)7-17-15(18)12-2-3-14-11(6-12)4-5-16-14/h2-6,8-9,16H,7H2,1H3,(H,17,18). The highest BCUT2D eigenvalue weighted by atomic mass is 32.1. The Bertz CT molecular complexity index is 726. The first-order valence-corrected chi connectivity index (χ1v) is 7.05. The number of hydrogen-bond donors (Lipinski definition) is 2. The van der Waals surface area contributed by atoms with Crippen molar-refractivity contribution < 1.29 is 4.79 Å². The van der Waals surface area contributed by atoms with Crippen molar-refractivity contribution in [3.63, 3.8) is 0 Å². The maximum atomic E-state index is 12.1. The lowest BCUT2D eigenvalue weighted by Gasteiger charge is -2.05. The van der Waals surface area contributed by atoms with E-state index >= 15 is 0 Å². The molecule has 0 aliphatic heterocycles. The molecule has 0 saturated heterocycles. The number of carbonyl (C=O) groups excluding carboxylic acids is 1. The van der Waals surface area contributed by atoms with Crippen LogP contribution in [0.1, 0.15) is 21.5 Å². The molecular formula is C15H14N2OS. The second-order valence-corrected chi connectivity index (χ2v) is 5.29. The summed E-state index contributed by atoms with van der Waals surface area (Å²) in [6, 6.07) is 7.64.